The van der Waals surface area contributed by atoms with Crippen LogP contribution in [0.2, 0.25) is 5.02 Å². The summed E-state index contributed by atoms with van der Waals surface area (Å²) in [5.74, 6) is 1.59. The van der Waals surface area contributed by atoms with Gasteiger partial charge in [0.2, 0.25) is 0 Å². The lowest BCUT2D eigenvalue weighted by molar-refractivity contribution is 0.0918. The van der Waals surface area contributed by atoms with Crippen molar-refractivity contribution in [2.24, 2.45) is 0 Å². The second-order valence-electron chi connectivity index (χ2n) is 7.19. The number of rotatable bonds is 8. The lowest BCUT2D eigenvalue weighted by atomic mass is 10.0. The first kappa shape index (κ1) is 21.0. The molecule has 6 nitrogen and oxygen atoms in total. The number of hydrogen-bond acceptors (Lipinski definition) is 4. The van der Waals surface area contributed by atoms with Crippen LogP contribution in [-0.4, -0.2) is 15.7 Å². The van der Waals surface area contributed by atoms with Crippen molar-refractivity contribution in [3.63, 3.8) is 0 Å². The highest BCUT2D eigenvalue weighted by atomic mass is 35.5. The molecule has 0 aliphatic heterocycles. The molecule has 0 saturated heterocycles. The van der Waals surface area contributed by atoms with Gasteiger partial charge in [-0.3, -0.25) is 9.48 Å². The Morgan fingerprint density at radius 1 is 1.31 bits per heavy atom. The molecule has 0 saturated carbocycles. The molecule has 1 aromatic carbocycles. The zero-order chi connectivity index (χ0) is 21.0. The lowest BCUT2D eigenvalue weighted by Gasteiger charge is -2.15. The Bertz CT molecular complexity index is 991. The smallest absolute Gasteiger partial charge is 0.287 e. The van der Waals surface area contributed by atoms with Gasteiger partial charge in [-0.25, -0.2) is 0 Å². The number of aromatic nitrogens is 2. The van der Waals surface area contributed by atoms with Crippen LogP contribution >= 0.6 is 11.6 Å². The number of nitrogens with one attached hydrogen (secondary N) is 1. The number of ether oxygens (including phenoxy) is 1. The second kappa shape index (κ2) is 9.18. The molecule has 154 valence electrons. The second-order valence-corrected chi connectivity index (χ2v) is 7.60. The molecule has 0 aliphatic carbocycles. The average molecular weight is 416 g/mol. The molecular formula is C22H26ClN3O3. The number of aryl methyl sites for hydroxylation is 2. The van der Waals surface area contributed by atoms with Crippen molar-refractivity contribution in [1.29, 1.82) is 0 Å². The van der Waals surface area contributed by atoms with E-state index in [2.05, 4.69) is 24.3 Å². The Labute approximate surface area is 175 Å². The molecule has 0 spiro atoms. The summed E-state index contributed by atoms with van der Waals surface area (Å²) in [4.78, 5) is 12.3. The van der Waals surface area contributed by atoms with Crippen LogP contribution in [0.5, 0.6) is 5.75 Å². The molecule has 0 atom stereocenters. The summed E-state index contributed by atoms with van der Waals surface area (Å²) >= 11 is 6.24. The van der Waals surface area contributed by atoms with Gasteiger partial charge < -0.3 is 14.5 Å². The molecule has 0 aliphatic rings. The highest BCUT2D eigenvalue weighted by Gasteiger charge is 2.14. The predicted molar refractivity (Wildman–Crippen MR) is 112 cm³/mol. The van der Waals surface area contributed by atoms with E-state index in [0.717, 1.165) is 34.1 Å². The maximum atomic E-state index is 12.3. The summed E-state index contributed by atoms with van der Waals surface area (Å²) < 4.78 is 13.4. The maximum Gasteiger partial charge on any atom is 0.287 e. The van der Waals surface area contributed by atoms with Crippen LogP contribution in [0, 0.1) is 6.92 Å². The minimum atomic E-state index is -0.285. The normalized spacial score (nSPS) is 11.1. The predicted octanol–water partition coefficient (Wildman–Crippen LogP) is 5.09. The van der Waals surface area contributed by atoms with Gasteiger partial charge in [0, 0.05) is 17.8 Å². The highest BCUT2D eigenvalue weighted by molar-refractivity contribution is 6.31. The largest absolute Gasteiger partial charge is 0.485 e. The number of carbonyl (C=O) groups is 1. The lowest BCUT2D eigenvalue weighted by Crippen LogP contribution is -2.22. The summed E-state index contributed by atoms with van der Waals surface area (Å²) in [5.41, 5.74) is 2.79. The summed E-state index contributed by atoms with van der Waals surface area (Å²) in [5, 5.41) is 7.88. The topological polar surface area (TPSA) is 69.3 Å². The zero-order valence-electron chi connectivity index (χ0n) is 17.2. The summed E-state index contributed by atoms with van der Waals surface area (Å²) in [6.45, 7) is 9.51. The Balaban J connectivity index is 1.60. The third kappa shape index (κ3) is 5.21. The van der Waals surface area contributed by atoms with E-state index >= 15 is 0 Å². The minimum absolute atomic E-state index is 0.231. The first-order valence-corrected chi connectivity index (χ1v) is 10.1. The fourth-order valence-corrected chi connectivity index (χ4v) is 3.08. The van der Waals surface area contributed by atoms with Crippen LogP contribution in [0.15, 0.2) is 40.9 Å². The molecule has 1 N–H and O–H groups in total. The SMILES string of the molecule is CCn1ccc(CNC(=O)c2ccc(COc3cc(C)c(Cl)cc3C(C)C)o2)n1. The number of nitrogens with zero attached hydrogens (tertiary/aromatic N) is 2. The average Bonchev–Trinajstić information content (AvgIpc) is 3.35. The Hall–Kier alpha value is -2.73. The first-order chi connectivity index (χ1) is 13.9. The van der Waals surface area contributed by atoms with Crippen LogP contribution in [0.4, 0.5) is 0 Å². The maximum absolute atomic E-state index is 12.3. The molecule has 7 heteroatoms. The number of halogens is 1. The van der Waals surface area contributed by atoms with Gasteiger partial charge in [0.15, 0.2) is 5.76 Å². The van der Waals surface area contributed by atoms with Crippen LogP contribution in [0.1, 0.15) is 59.8 Å². The van der Waals surface area contributed by atoms with E-state index in [1.807, 2.05) is 42.9 Å². The molecule has 2 heterocycles. The fourth-order valence-electron chi connectivity index (χ4n) is 2.91. The van der Waals surface area contributed by atoms with Gasteiger partial charge in [0.25, 0.3) is 5.91 Å². The van der Waals surface area contributed by atoms with Crippen molar-refractivity contribution in [3.05, 3.63) is 69.9 Å². The highest BCUT2D eigenvalue weighted by Crippen LogP contribution is 2.32. The van der Waals surface area contributed by atoms with Gasteiger partial charge in [-0.05, 0) is 61.2 Å². The molecule has 3 rings (SSSR count). The van der Waals surface area contributed by atoms with Gasteiger partial charge in [0.05, 0.1) is 12.2 Å². The summed E-state index contributed by atoms with van der Waals surface area (Å²) in [7, 11) is 0. The van der Waals surface area contributed by atoms with E-state index in [1.165, 1.54) is 0 Å². The monoisotopic (exact) mass is 415 g/mol. The molecule has 0 bridgehead atoms. The van der Waals surface area contributed by atoms with Crippen molar-refractivity contribution in [1.82, 2.24) is 15.1 Å². The standard InChI is InChI=1S/C22H26ClN3O3/c1-5-26-9-8-16(25-26)12-24-22(27)20-7-6-17(29-20)13-28-21-10-15(4)19(23)11-18(21)14(2)3/h6-11,14H,5,12-13H2,1-4H3,(H,24,27). The van der Waals surface area contributed by atoms with Crippen LogP contribution in [-0.2, 0) is 19.7 Å². The summed E-state index contributed by atoms with van der Waals surface area (Å²) in [6.07, 6.45) is 1.88. The van der Waals surface area contributed by atoms with E-state index in [0.29, 0.717) is 12.3 Å². The number of amides is 1. The van der Waals surface area contributed by atoms with E-state index in [4.69, 9.17) is 20.8 Å². The number of benzene rings is 1. The summed E-state index contributed by atoms with van der Waals surface area (Å²) in [6, 6.07) is 9.15. The van der Waals surface area contributed by atoms with Crippen LogP contribution in [0.25, 0.3) is 0 Å². The van der Waals surface area contributed by atoms with Gasteiger partial charge in [0.1, 0.15) is 18.1 Å². The van der Waals surface area contributed by atoms with Crippen molar-refractivity contribution in [2.75, 3.05) is 0 Å². The quantitative estimate of drug-likeness (QED) is 0.556. The molecule has 2 aromatic heterocycles. The van der Waals surface area contributed by atoms with Crippen molar-refractivity contribution < 1.29 is 13.9 Å². The van der Waals surface area contributed by atoms with E-state index in [-0.39, 0.29) is 24.2 Å². The van der Waals surface area contributed by atoms with Gasteiger partial charge in [-0.1, -0.05) is 25.4 Å². The molecule has 1 amide bonds. The van der Waals surface area contributed by atoms with Gasteiger partial charge >= 0.3 is 0 Å². The van der Waals surface area contributed by atoms with Crippen molar-refractivity contribution >= 4 is 17.5 Å². The minimum Gasteiger partial charge on any atom is -0.485 e. The molecule has 0 fully saturated rings. The van der Waals surface area contributed by atoms with Crippen LogP contribution in [0.3, 0.4) is 0 Å². The zero-order valence-corrected chi connectivity index (χ0v) is 17.9. The number of carbonyl (C=O) groups excluding carboxylic acids is 1. The molecule has 29 heavy (non-hydrogen) atoms. The Morgan fingerprint density at radius 3 is 2.79 bits per heavy atom. The Morgan fingerprint density at radius 2 is 2.10 bits per heavy atom. The van der Waals surface area contributed by atoms with Gasteiger partial charge in [-0.15, -0.1) is 0 Å². The molecule has 3 aromatic rings. The third-order valence-corrected chi connectivity index (χ3v) is 5.03. The third-order valence-electron chi connectivity index (χ3n) is 4.62. The molecular weight excluding hydrogens is 390 g/mol. The first-order valence-electron chi connectivity index (χ1n) is 9.69. The van der Waals surface area contributed by atoms with Crippen molar-refractivity contribution in [2.45, 2.75) is 53.3 Å². The van der Waals surface area contributed by atoms with E-state index in [1.54, 1.807) is 12.1 Å². The van der Waals surface area contributed by atoms with E-state index in [9.17, 15) is 4.79 Å². The van der Waals surface area contributed by atoms with Gasteiger partial charge in [-0.2, -0.15) is 5.10 Å². The fraction of sp³-hybridized carbons (Fsp3) is 0.364. The number of hydrogen-bond donors (Lipinski definition) is 1. The molecule has 0 radical (unpaired) electrons. The Kier molecular flexibility index (Phi) is 6.64. The molecule has 0 unspecified atom stereocenters. The number of furan rings is 1. The van der Waals surface area contributed by atoms with E-state index < -0.39 is 0 Å². The van der Waals surface area contributed by atoms with Crippen LogP contribution < -0.4 is 10.1 Å². The van der Waals surface area contributed by atoms with Crippen molar-refractivity contribution in [3.8, 4) is 5.75 Å².